The molecule has 0 spiro atoms. The van der Waals surface area contributed by atoms with Crippen LogP contribution in [0.4, 0.5) is 4.39 Å². The first-order valence-electron chi connectivity index (χ1n) is 5.20. The van der Waals surface area contributed by atoms with Crippen molar-refractivity contribution in [2.75, 3.05) is 0 Å². The average molecular weight is 327 g/mol. The lowest BCUT2D eigenvalue weighted by Gasteiger charge is -2.06. The maximum Gasteiger partial charge on any atom is 0.343 e. The number of benzene rings is 1. The Bertz CT molecular complexity index is 727. The van der Waals surface area contributed by atoms with Gasteiger partial charge in [-0.15, -0.1) is 0 Å². The second kappa shape index (κ2) is 4.93. The summed E-state index contributed by atoms with van der Waals surface area (Å²) in [5.74, 6) is -1.94. The van der Waals surface area contributed by atoms with Crippen molar-refractivity contribution in [3.05, 3.63) is 50.1 Å². The largest absolute Gasteiger partial charge is 0.477 e. The van der Waals surface area contributed by atoms with Crippen LogP contribution in [0.2, 0.25) is 0 Å². The zero-order valence-corrected chi connectivity index (χ0v) is 11.3. The molecule has 0 atom stereocenters. The first kappa shape index (κ1) is 13.4. The molecule has 1 heterocycles. The van der Waals surface area contributed by atoms with Gasteiger partial charge in [0.1, 0.15) is 17.2 Å². The van der Waals surface area contributed by atoms with Crippen LogP contribution in [0.1, 0.15) is 16.1 Å². The molecule has 1 aromatic heterocycles. The molecule has 0 aliphatic carbocycles. The fourth-order valence-corrected chi connectivity index (χ4v) is 2.01. The maximum absolute atomic E-state index is 13.7. The minimum Gasteiger partial charge on any atom is -0.477 e. The average Bonchev–Trinajstić information content (AvgIpc) is 2.30. The minimum atomic E-state index is -1.37. The number of nitrogens with zero attached hydrogens (tertiary/aromatic N) is 1. The smallest absolute Gasteiger partial charge is 0.343 e. The lowest BCUT2D eigenvalue weighted by molar-refractivity contribution is 0.0693. The molecule has 0 aliphatic heterocycles. The standard InChI is InChI=1S/C12H8BrFN2O3/c1-5-9(12(18)19)11(17)16-10(15-5)7-4-6(13)2-3-8(7)14/h2-4H,1H3,(H,18,19)(H,15,16,17). The number of H-pyrrole nitrogens is 1. The van der Waals surface area contributed by atoms with Gasteiger partial charge in [-0.25, -0.2) is 14.2 Å². The highest BCUT2D eigenvalue weighted by atomic mass is 79.9. The third-order valence-electron chi connectivity index (χ3n) is 2.50. The van der Waals surface area contributed by atoms with Crippen LogP contribution in [0.15, 0.2) is 27.5 Å². The van der Waals surface area contributed by atoms with Crippen LogP contribution in [0, 0.1) is 12.7 Å². The van der Waals surface area contributed by atoms with Gasteiger partial charge in [-0.3, -0.25) is 4.79 Å². The highest BCUT2D eigenvalue weighted by molar-refractivity contribution is 9.10. The highest BCUT2D eigenvalue weighted by Gasteiger charge is 2.17. The van der Waals surface area contributed by atoms with Crippen LogP contribution in [-0.4, -0.2) is 21.0 Å². The van der Waals surface area contributed by atoms with Gasteiger partial charge in [-0.05, 0) is 25.1 Å². The number of hydrogen-bond donors (Lipinski definition) is 2. The number of carbonyl (C=O) groups is 1. The maximum atomic E-state index is 13.7. The van der Waals surface area contributed by atoms with E-state index in [1.807, 2.05) is 0 Å². The van der Waals surface area contributed by atoms with Gasteiger partial charge in [-0.1, -0.05) is 15.9 Å². The Labute approximate surface area is 115 Å². The molecule has 0 saturated heterocycles. The predicted octanol–water partition coefficient (Wildman–Crippen LogP) is 2.35. The van der Waals surface area contributed by atoms with E-state index in [1.54, 1.807) is 0 Å². The van der Waals surface area contributed by atoms with E-state index in [2.05, 4.69) is 25.9 Å². The van der Waals surface area contributed by atoms with Crippen molar-refractivity contribution in [1.29, 1.82) is 0 Å². The van der Waals surface area contributed by atoms with Crippen LogP contribution >= 0.6 is 15.9 Å². The molecule has 1 aromatic carbocycles. The molecule has 19 heavy (non-hydrogen) atoms. The van der Waals surface area contributed by atoms with Gasteiger partial charge in [0.15, 0.2) is 0 Å². The molecule has 2 rings (SSSR count). The predicted molar refractivity (Wildman–Crippen MR) is 69.6 cm³/mol. The Hall–Kier alpha value is -2.02. The fraction of sp³-hybridized carbons (Fsp3) is 0.0833. The van der Waals surface area contributed by atoms with E-state index in [0.29, 0.717) is 4.47 Å². The summed E-state index contributed by atoms with van der Waals surface area (Å²) >= 11 is 3.19. The molecule has 5 nitrogen and oxygen atoms in total. The summed E-state index contributed by atoms with van der Waals surface area (Å²) in [5, 5.41) is 8.87. The van der Waals surface area contributed by atoms with Gasteiger partial charge in [0, 0.05) is 4.47 Å². The summed E-state index contributed by atoms with van der Waals surface area (Å²) < 4.78 is 14.3. The van der Waals surface area contributed by atoms with Crippen molar-refractivity contribution in [2.45, 2.75) is 6.92 Å². The molecule has 7 heteroatoms. The minimum absolute atomic E-state index is 0.00806. The molecule has 98 valence electrons. The van der Waals surface area contributed by atoms with E-state index >= 15 is 0 Å². The van der Waals surface area contributed by atoms with Gasteiger partial charge in [0.25, 0.3) is 5.56 Å². The number of carboxylic acid groups (broad SMARTS) is 1. The van der Waals surface area contributed by atoms with Gasteiger partial charge in [0.2, 0.25) is 0 Å². The number of aromatic carboxylic acids is 1. The zero-order valence-electron chi connectivity index (χ0n) is 9.70. The number of halogens is 2. The molecular weight excluding hydrogens is 319 g/mol. The van der Waals surface area contributed by atoms with Gasteiger partial charge < -0.3 is 10.1 Å². The van der Waals surface area contributed by atoms with Gasteiger partial charge in [0.05, 0.1) is 11.3 Å². The Morgan fingerprint density at radius 1 is 1.47 bits per heavy atom. The molecule has 0 aliphatic rings. The SMILES string of the molecule is Cc1nc(-c2cc(Br)ccc2F)[nH]c(=O)c1C(=O)O. The van der Waals surface area contributed by atoms with Gasteiger partial charge in [-0.2, -0.15) is 0 Å². The first-order valence-corrected chi connectivity index (χ1v) is 5.99. The van der Waals surface area contributed by atoms with Crippen molar-refractivity contribution in [2.24, 2.45) is 0 Å². The summed E-state index contributed by atoms with van der Waals surface area (Å²) in [7, 11) is 0. The van der Waals surface area contributed by atoms with E-state index in [1.165, 1.54) is 25.1 Å². The van der Waals surface area contributed by atoms with Crippen molar-refractivity contribution < 1.29 is 14.3 Å². The van der Waals surface area contributed by atoms with Crippen molar-refractivity contribution >= 4 is 21.9 Å². The zero-order chi connectivity index (χ0) is 14.2. The summed E-state index contributed by atoms with van der Waals surface area (Å²) in [6.45, 7) is 1.39. The van der Waals surface area contributed by atoms with E-state index in [-0.39, 0.29) is 17.1 Å². The van der Waals surface area contributed by atoms with E-state index in [9.17, 15) is 14.0 Å². The molecule has 0 unspecified atom stereocenters. The third-order valence-corrected chi connectivity index (χ3v) is 2.99. The van der Waals surface area contributed by atoms with E-state index < -0.39 is 22.9 Å². The van der Waals surface area contributed by atoms with Crippen molar-refractivity contribution in [3.63, 3.8) is 0 Å². The molecule has 0 amide bonds. The second-order valence-corrected chi connectivity index (χ2v) is 4.72. The summed E-state index contributed by atoms with van der Waals surface area (Å²) in [4.78, 5) is 28.7. The molecule has 0 fully saturated rings. The molecular formula is C12H8BrFN2O3. The van der Waals surface area contributed by atoms with Crippen LogP contribution in [0.5, 0.6) is 0 Å². The van der Waals surface area contributed by atoms with Crippen molar-refractivity contribution in [3.8, 4) is 11.4 Å². The van der Waals surface area contributed by atoms with E-state index in [0.717, 1.165) is 0 Å². The Balaban J connectivity index is 2.68. The monoisotopic (exact) mass is 326 g/mol. The van der Waals surface area contributed by atoms with Crippen molar-refractivity contribution in [1.82, 2.24) is 9.97 Å². The summed E-state index contributed by atoms with van der Waals surface area (Å²) in [6.07, 6.45) is 0. The number of aromatic amines is 1. The number of hydrogen-bond acceptors (Lipinski definition) is 3. The Morgan fingerprint density at radius 2 is 2.16 bits per heavy atom. The lowest BCUT2D eigenvalue weighted by Crippen LogP contribution is -2.21. The normalized spacial score (nSPS) is 10.5. The molecule has 0 radical (unpaired) electrons. The summed E-state index contributed by atoms with van der Waals surface area (Å²) in [5.41, 5.74) is -1.13. The number of nitrogens with one attached hydrogen (secondary N) is 1. The quantitative estimate of drug-likeness (QED) is 0.887. The Morgan fingerprint density at radius 3 is 2.74 bits per heavy atom. The number of rotatable bonds is 2. The number of carboxylic acids is 1. The second-order valence-electron chi connectivity index (χ2n) is 3.80. The molecule has 2 aromatic rings. The van der Waals surface area contributed by atoms with Crippen LogP contribution in [-0.2, 0) is 0 Å². The molecule has 0 bridgehead atoms. The van der Waals surface area contributed by atoms with Gasteiger partial charge >= 0.3 is 5.97 Å². The van der Waals surface area contributed by atoms with Crippen LogP contribution < -0.4 is 5.56 Å². The van der Waals surface area contributed by atoms with E-state index in [4.69, 9.17) is 5.11 Å². The van der Waals surface area contributed by atoms with Crippen LogP contribution in [0.3, 0.4) is 0 Å². The first-order chi connectivity index (χ1) is 8.90. The lowest BCUT2D eigenvalue weighted by atomic mass is 10.1. The number of aromatic nitrogens is 2. The van der Waals surface area contributed by atoms with Crippen LogP contribution in [0.25, 0.3) is 11.4 Å². The molecule has 2 N–H and O–H groups in total. The molecule has 0 saturated carbocycles. The highest BCUT2D eigenvalue weighted by Crippen LogP contribution is 2.23. The number of aryl methyl sites for hydroxylation is 1. The Kier molecular flexibility index (Phi) is 3.48. The summed E-state index contributed by atoms with van der Waals surface area (Å²) in [6, 6.07) is 4.18. The fourth-order valence-electron chi connectivity index (χ4n) is 1.64. The topological polar surface area (TPSA) is 83.0 Å². The third kappa shape index (κ3) is 2.55.